The standard InChI is InChI=1S/C21H15F3N4O2/c22-21(23,24)16-5-2-4-15(12-16)20(30)27-17-6-1-3-14(11-17)7-8-19(29)28-18-9-10-25-13-26-18/h1-13H,(H,27,30)(H,25,26,28,29). The molecule has 0 unspecified atom stereocenters. The van der Waals surface area contributed by atoms with Gasteiger partial charge in [-0.25, -0.2) is 9.97 Å². The SMILES string of the molecule is O=C(C=Cc1cccc(NC(=O)c2cccc(C(F)(F)F)c2)c1)Nc1ccncn1. The van der Waals surface area contributed by atoms with Crippen molar-refractivity contribution in [2.24, 2.45) is 0 Å². The topological polar surface area (TPSA) is 84.0 Å². The Labute approximate surface area is 169 Å². The first-order chi connectivity index (χ1) is 14.3. The van der Waals surface area contributed by atoms with Crippen LogP contribution in [0.3, 0.4) is 0 Å². The molecule has 6 nitrogen and oxygen atoms in total. The summed E-state index contributed by atoms with van der Waals surface area (Å²) in [6, 6.07) is 12.2. The van der Waals surface area contributed by atoms with Crippen LogP contribution in [0.2, 0.25) is 0 Å². The molecule has 2 N–H and O–H groups in total. The molecule has 9 heteroatoms. The third-order valence-corrected chi connectivity index (χ3v) is 3.86. The molecule has 2 amide bonds. The Balaban J connectivity index is 1.67. The number of nitrogens with zero attached hydrogens (tertiary/aromatic N) is 2. The zero-order valence-electron chi connectivity index (χ0n) is 15.4. The Bertz CT molecular complexity index is 1080. The molecule has 152 valence electrons. The molecule has 0 fully saturated rings. The summed E-state index contributed by atoms with van der Waals surface area (Å²) in [5, 5.41) is 5.11. The van der Waals surface area contributed by atoms with Gasteiger partial charge in [0, 0.05) is 23.5 Å². The molecule has 3 aromatic rings. The van der Waals surface area contributed by atoms with Gasteiger partial charge in [-0.05, 0) is 48.0 Å². The van der Waals surface area contributed by atoms with Gasteiger partial charge >= 0.3 is 6.18 Å². The molecule has 0 radical (unpaired) electrons. The van der Waals surface area contributed by atoms with Crippen LogP contribution >= 0.6 is 0 Å². The average molecular weight is 412 g/mol. The van der Waals surface area contributed by atoms with Crippen molar-refractivity contribution in [1.82, 2.24) is 9.97 Å². The first-order valence-corrected chi connectivity index (χ1v) is 8.65. The Morgan fingerprint density at radius 3 is 2.50 bits per heavy atom. The average Bonchev–Trinajstić information content (AvgIpc) is 2.73. The van der Waals surface area contributed by atoms with E-state index >= 15 is 0 Å². The number of anilines is 2. The minimum Gasteiger partial charge on any atom is -0.322 e. The number of aromatic nitrogens is 2. The summed E-state index contributed by atoms with van der Waals surface area (Å²) < 4.78 is 38.5. The van der Waals surface area contributed by atoms with Crippen LogP contribution in [0.5, 0.6) is 0 Å². The van der Waals surface area contributed by atoms with E-state index in [-0.39, 0.29) is 5.56 Å². The van der Waals surface area contributed by atoms with E-state index in [1.807, 2.05) is 0 Å². The van der Waals surface area contributed by atoms with Crippen LogP contribution in [-0.4, -0.2) is 21.8 Å². The quantitative estimate of drug-likeness (QED) is 0.609. The van der Waals surface area contributed by atoms with Gasteiger partial charge in [-0.3, -0.25) is 9.59 Å². The molecule has 0 atom stereocenters. The molecule has 2 aromatic carbocycles. The molecular formula is C21H15F3N4O2. The Kier molecular flexibility index (Phi) is 6.21. The first kappa shape index (κ1) is 20.7. The zero-order valence-corrected chi connectivity index (χ0v) is 15.4. The number of benzene rings is 2. The van der Waals surface area contributed by atoms with E-state index in [0.29, 0.717) is 17.1 Å². The van der Waals surface area contributed by atoms with E-state index in [9.17, 15) is 22.8 Å². The van der Waals surface area contributed by atoms with E-state index in [2.05, 4.69) is 20.6 Å². The van der Waals surface area contributed by atoms with Gasteiger partial charge in [-0.15, -0.1) is 0 Å². The predicted octanol–water partition coefficient (Wildman–Crippen LogP) is 4.40. The van der Waals surface area contributed by atoms with Crippen molar-refractivity contribution in [1.29, 1.82) is 0 Å². The summed E-state index contributed by atoms with van der Waals surface area (Å²) in [5.41, 5.74) is -0.0398. The summed E-state index contributed by atoms with van der Waals surface area (Å²) in [6.07, 6.45) is 1.07. The van der Waals surface area contributed by atoms with Crippen molar-refractivity contribution in [3.8, 4) is 0 Å². The first-order valence-electron chi connectivity index (χ1n) is 8.65. The molecule has 1 aromatic heterocycles. The number of hydrogen-bond acceptors (Lipinski definition) is 4. The number of rotatable bonds is 5. The molecule has 0 spiro atoms. The number of nitrogens with one attached hydrogen (secondary N) is 2. The number of carbonyl (C=O) groups is 2. The molecule has 0 aliphatic heterocycles. The van der Waals surface area contributed by atoms with E-state index in [1.165, 1.54) is 42.9 Å². The summed E-state index contributed by atoms with van der Waals surface area (Å²) >= 11 is 0. The van der Waals surface area contributed by atoms with Crippen LogP contribution in [0.1, 0.15) is 21.5 Å². The van der Waals surface area contributed by atoms with Crippen molar-refractivity contribution in [3.05, 3.63) is 89.9 Å². The lowest BCUT2D eigenvalue weighted by Gasteiger charge is -2.09. The normalized spacial score (nSPS) is 11.3. The fraction of sp³-hybridized carbons (Fsp3) is 0.0476. The van der Waals surface area contributed by atoms with Crippen LogP contribution in [-0.2, 0) is 11.0 Å². The monoisotopic (exact) mass is 412 g/mol. The van der Waals surface area contributed by atoms with Gasteiger partial charge in [0.1, 0.15) is 12.1 Å². The summed E-state index contributed by atoms with van der Waals surface area (Å²) in [5.74, 6) is -0.738. The van der Waals surface area contributed by atoms with Gasteiger partial charge in [0.15, 0.2) is 0 Å². The molecule has 0 saturated heterocycles. The number of alkyl halides is 3. The van der Waals surface area contributed by atoms with Crippen molar-refractivity contribution in [2.75, 3.05) is 10.6 Å². The molecule has 3 rings (SSSR count). The van der Waals surface area contributed by atoms with Crippen molar-refractivity contribution in [3.63, 3.8) is 0 Å². The van der Waals surface area contributed by atoms with Gasteiger partial charge in [0.05, 0.1) is 5.56 Å². The predicted molar refractivity (Wildman–Crippen MR) is 106 cm³/mol. The highest BCUT2D eigenvalue weighted by molar-refractivity contribution is 6.04. The number of halogens is 3. The molecule has 1 heterocycles. The molecule has 0 saturated carbocycles. The number of carbonyl (C=O) groups excluding carboxylic acids is 2. The number of hydrogen-bond donors (Lipinski definition) is 2. The lowest BCUT2D eigenvalue weighted by molar-refractivity contribution is -0.137. The van der Waals surface area contributed by atoms with Gasteiger partial charge in [-0.1, -0.05) is 18.2 Å². The Hall–Kier alpha value is -4.01. The maximum atomic E-state index is 12.8. The largest absolute Gasteiger partial charge is 0.416 e. The van der Waals surface area contributed by atoms with Crippen molar-refractivity contribution < 1.29 is 22.8 Å². The van der Waals surface area contributed by atoms with Crippen LogP contribution in [0, 0.1) is 0 Å². The van der Waals surface area contributed by atoms with E-state index < -0.39 is 23.6 Å². The highest BCUT2D eigenvalue weighted by atomic mass is 19.4. The third-order valence-electron chi connectivity index (χ3n) is 3.86. The maximum Gasteiger partial charge on any atom is 0.416 e. The van der Waals surface area contributed by atoms with Gasteiger partial charge in [0.25, 0.3) is 5.91 Å². The molecule has 0 aliphatic rings. The smallest absolute Gasteiger partial charge is 0.322 e. The molecule has 0 aliphatic carbocycles. The maximum absolute atomic E-state index is 12.8. The van der Waals surface area contributed by atoms with Crippen LogP contribution in [0.15, 0.2) is 73.2 Å². The summed E-state index contributed by atoms with van der Waals surface area (Å²) in [4.78, 5) is 31.9. The minimum absolute atomic E-state index is 0.116. The Morgan fingerprint density at radius 2 is 1.77 bits per heavy atom. The lowest BCUT2D eigenvalue weighted by Crippen LogP contribution is -2.14. The summed E-state index contributed by atoms with van der Waals surface area (Å²) in [7, 11) is 0. The lowest BCUT2D eigenvalue weighted by atomic mass is 10.1. The van der Waals surface area contributed by atoms with Crippen LogP contribution in [0.25, 0.3) is 6.08 Å². The van der Waals surface area contributed by atoms with Crippen molar-refractivity contribution >= 4 is 29.4 Å². The van der Waals surface area contributed by atoms with Gasteiger partial charge in [-0.2, -0.15) is 13.2 Å². The van der Waals surface area contributed by atoms with E-state index in [1.54, 1.807) is 24.3 Å². The minimum atomic E-state index is -4.53. The summed E-state index contributed by atoms with van der Waals surface area (Å²) in [6.45, 7) is 0. The second kappa shape index (κ2) is 8.99. The van der Waals surface area contributed by atoms with Gasteiger partial charge in [0.2, 0.25) is 5.91 Å². The molecule has 30 heavy (non-hydrogen) atoms. The number of amides is 2. The third kappa shape index (κ3) is 5.74. The second-order valence-electron chi connectivity index (χ2n) is 6.08. The zero-order chi connectivity index (χ0) is 21.6. The Morgan fingerprint density at radius 1 is 0.967 bits per heavy atom. The van der Waals surface area contributed by atoms with Crippen LogP contribution in [0.4, 0.5) is 24.7 Å². The highest BCUT2D eigenvalue weighted by Gasteiger charge is 2.30. The second-order valence-corrected chi connectivity index (χ2v) is 6.08. The van der Waals surface area contributed by atoms with E-state index in [4.69, 9.17) is 0 Å². The van der Waals surface area contributed by atoms with Crippen LogP contribution < -0.4 is 10.6 Å². The molecule has 0 bridgehead atoms. The fourth-order valence-electron chi connectivity index (χ4n) is 2.46. The molecular weight excluding hydrogens is 397 g/mol. The van der Waals surface area contributed by atoms with Crippen molar-refractivity contribution in [2.45, 2.75) is 6.18 Å². The van der Waals surface area contributed by atoms with Gasteiger partial charge < -0.3 is 10.6 Å². The highest BCUT2D eigenvalue weighted by Crippen LogP contribution is 2.29. The fourth-order valence-corrected chi connectivity index (χ4v) is 2.46. The van der Waals surface area contributed by atoms with E-state index in [0.717, 1.165) is 12.1 Å².